The molecule has 0 aliphatic rings. The van der Waals surface area contributed by atoms with Gasteiger partial charge in [0.1, 0.15) is 17.5 Å². The summed E-state index contributed by atoms with van der Waals surface area (Å²) in [6.07, 6.45) is 1.81. The van der Waals surface area contributed by atoms with E-state index >= 15 is 0 Å². The van der Waals surface area contributed by atoms with Crippen LogP contribution in [0.15, 0.2) is 36.5 Å². The van der Waals surface area contributed by atoms with Gasteiger partial charge >= 0.3 is 0 Å². The Morgan fingerprint density at radius 1 is 1.25 bits per heavy atom. The van der Waals surface area contributed by atoms with Crippen LogP contribution >= 0.6 is 0 Å². The van der Waals surface area contributed by atoms with Gasteiger partial charge in [-0.2, -0.15) is 0 Å². The molecule has 0 unspecified atom stereocenters. The SMILES string of the molecule is Nc1ncccc1C(=O)NCCc1cc(F)cc(F)c1. The number of nitrogens with zero attached hydrogens (tertiary/aromatic N) is 1. The van der Waals surface area contributed by atoms with E-state index in [2.05, 4.69) is 10.3 Å². The molecule has 3 N–H and O–H groups in total. The fraction of sp³-hybridized carbons (Fsp3) is 0.143. The van der Waals surface area contributed by atoms with Gasteiger partial charge < -0.3 is 11.1 Å². The van der Waals surface area contributed by atoms with Crippen molar-refractivity contribution in [2.75, 3.05) is 12.3 Å². The molecule has 1 heterocycles. The zero-order valence-electron chi connectivity index (χ0n) is 10.6. The number of carbonyl (C=O) groups is 1. The van der Waals surface area contributed by atoms with Crippen molar-refractivity contribution >= 4 is 11.7 Å². The predicted molar refractivity (Wildman–Crippen MR) is 71.0 cm³/mol. The number of nitrogen functional groups attached to an aromatic ring is 1. The lowest BCUT2D eigenvalue weighted by molar-refractivity contribution is 0.0955. The highest BCUT2D eigenvalue weighted by atomic mass is 19.1. The second kappa shape index (κ2) is 6.10. The van der Waals surface area contributed by atoms with Crippen molar-refractivity contribution < 1.29 is 13.6 Å². The van der Waals surface area contributed by atoms with Gasteiger partial charge in [-0.1, -0.05) is 0 Å². The van der Waals surface area contributed by atoms with Crippen LogP contribution in [0.5, 0.6) is 0 Å². The average Bonchev–Trinajstić information content (AvgIpc) is 2.38. The number of aromatic nitrogens is 1. The number of hydrogen-bond donors (Lipinski definition) is 2. The number of benzene rings is 1. The van der Waals surface area contributed by atoms with Crippen molar-refractivity contribution in [1.29, 1.82) is 0 Å². The summed E-state index contributed by atoms with van der Waals surface area (Å²) < 4.78 is 26.0. The molecule has 0 atom stereocenters. The largest absolute Gasteiger partial charge is 0.383 e. The first-order valence-electron chi connectivity index (χ1n) is 6.00. The molecule has 1 aromatic carbocycles. The van der Waals surface area contributed by atoms with Gasteiger partial charge in [-0.3, -0.25) is 4.79 Å². The lowest BCUT2D eigenvalue weighted by Gasteiger charge is -2.07. The number of nitrogens with two attached hydrogens (primary N) is 1. The molecule has 0 spiro atoms. The van der Waals surface area contributed by atoms with E-state index < -0.39 is 11.6 Å². The number of carbonyl (C=O) groups excluding carboxylic acids is 1. The van der Waals surface area contributed by atoms with Crippen LogP contribution in [-0.4, -0.2) is 17.4 Å². The molecule has 0 aliphatic carbocycles. The first-order chi connectivity index (χ1) is 9.56. The number of rotatable bonds is 4. The van der Waals surface area contributed by atoms with Gasteiger partial charge in [-0.05, 0) is 36.2 Å². The van der Waals surface area contributed by atoms with Crippen LogP contribution in [-0.2, 0) is 6.42 Å². The second-order valence-corrected chi connectivity index (χ2v) is 4.22. The van der Waals surface area contributed by atoms with Gasteiger partial charge in [-0.25, -0.2) is 13.8 Å². The Kier molecular flexibility index (Phi) is 4.24. The van der Waals surface area contributed by atoms with E-state index in [9.17, 15) is 13.6 Å². The molecule has 6 heteroatoms. The summed E-state index contributed by atoms with van der Waals surface area (Å²) in [5.41, 5.74) is 6.32. The van der Waals surface area contributed by atoms with Crippen molar-refractivity contribution in [2.45, 2.75) is 6.42 Å². The average molecular weight is 277 g/mol. The summed E-state index contributed by atoms with van der Waals surface area (Å²) in [6.45, 7) is 0.246. The summed E-state index contributed by atoms with van der Waals surface area (Å²) in [6, 6.07) is 6.42. The summed E-state index contributed by atoms with van der Waals surface area (Å²) in [7, 11) is 0. The molecular formula is C14H13F2N3O. The number of hydrogen-bond acceptors (Lipinski definition) is 3. The first kappa shape index (κ1) is 13.9. The van der Waals surface area contributed by atoms with Gasteiger partial charge in [0.05, 0.1) is 5.56 Å². The maximum atomic E-state index is 13.0. The maximum absolute atomic E-state index is 13.0. The fourth-order valence-electron chi connectivity index (χ4n) is 1.78. The number of anilines is 1. The van der Waals surface area contributed by atoms with Crippen LogP contribution in [0.4, 0.5) is 14.6 Å². The quantitative estimate of drug-likeness (QED) is 0.897. The molecule has 1 amide bonds. The minimum Gasteiger partial charge on any atom is -0.383 e. The molecule has 0 aliphatic heterocycles. The third kappa shape index (κ3) is 3.50. The standard InChI is InChI=1S/C14H13F2N3O/c15-10-6-9(7-11(16)8-10)3-5-19-14(20)12-2-1-4-18-13(12)17/h1-2,4,6-8H,3,5H2,(H2,17,18)(H,19,20). The van der Waals surface area contributed by atoms with Crippen LogP contribution in [0, 0.1) is 11.6 Å². The van der Waals surface area contributed by atoms with Crippen LogP contribution < -0.4 is 11.1 Å². The topological polar surface area (TPSA) is 68.0 Å². The van der Waals surface area contributed by atoms with Crippen LogP contribution in [0.3, 0.4) is 0 Å². The normalized spacial score (nSPS) is 10.3. The highest BCUT2D eigenvalue weighted by molar-refractivity contribution is 5.98. The van der Waals surface area contributed by atoms with E-state index in [4.69, 9.17) is 5.73 Å². The van der Waals surface area contributed by atoms with E-state index in [0.29, 0.717) is 12.0 Å². The lowest BCUT2D eigenvalue weighted by atomic mass is 10.1. The molecule has 0 saturated heterocycles. The molecule has 0 radical (unpaired) electrons. The second-order valence-electron chi connectivity index (χ2n) is 4.22. The smallest absolute Gasteiger partial charge is 0.255 e. The van der Waals surface area contributed by atoms with Crippen molar-refractivity contribution in [2.24, 2.45) is 0 Å². The highest BCUT2D eigenvalue weighted by Crippen LogP contribution is 2.09. The Hall–Kier alpha value is -2.50. The van der Waals surface area contributed by atoms with E-state index in [1.807, 2.05) is 0 Å². The number of halogens is 2. The monoisotopic (exact) mass is 277 g/mol. The molecule has 0 saturated carbocycles. The van der Waals surface area contributed by atoms with Gasteiger partial charge in [0.15, 0.2) is 0 Å². The Balaban J connectivity index is 1.93. The maximum Gasteiger partial charge on any atom is 0.255 e. The number of nitrogens with one attached hydrogen (secondary N) is 1. The predicted octanol–water partition coefficient (Wildman–Crippen LogP) is 1.91. The molecule has 2 rings (SSSR count). The van der Waals surface area contributed by atoms with E-state index in [0.717, 1.165) is 6.07 Å². The summed E-state index contributed by atoms with van der Waals surface area (Å²) in [4.78, 5) is 15.6. The summed E-state index contributed by atoms with van der Waals surface area (Å²) in [5.74, 6) is -1.50. The number of pyridine rings is 1. The van der Waals surface area contributed by atoms with Crippen molar-refractivity contribution in [3.05, 3.63) is 59.3 Å². The zero-order chi connectivity index (χ0) is 14.5. The minimum absolute atomic E-state index is 0.141. The minimum atomic E-state index is -0.636. The van der Waals surface area contributed by atoms with Gasteiger partial charge in [0.2, 0.25) is 0 Å². The molecule has 2 aromatic rings. The molecule has 4 nitrogen and oxygen atoms in total. The number of amides is 1. The third-order valence-electron chi connectivity index (χ3n) is 2.70. The van der Waals surface area contributed by atoms with E-state index in [1.165, 1.54) is 18.3 Å². The van der Waals surface area contributed by atoms with E-state index in [-0.39, 0.29) is 23.8 Å². The Morgan fingerprint density at radius 2 is 1.95 bits per heavy atom. The van der Waals surface area contributed by atoms with E-state index in [1.54, 1.807) is 12.1 Å². The molecular weight excluding hydrogens is 264 g/mol. The fourth-order valence-corrected chi connectivity index (χ4v) is 1.78. The molecule has 104 valence electrons. The molecule has 1 aromatic heterocycles. The lowest BCUT2D eigenvalue weighted by Crippen LogP contribution is -2.26. The highest BCUT2D eigenvalue weighted by Gasteiger charge is 2.09. The molecule has 0 fully saturated rings. The van der Waals surface area contributed by atoms with Crippen molar-refractivity contribution in [1.82, 2.24) is 10.3 Å². The Morgan fingerprint density at radius 3 is 2.60 bits per heavy atom. The van der Waals surface area contributed by atoms with Crippen molar-refractivity contribution in [3.63, 3.8) is 0 Å². The van der Waals surface area contributed by atoms with Crippen LogP contribution in [0.1, 0.15) is 15.9 Å². The zero-order valence-corrected chi connectivity index (χ0v) is 10.6. The molecule has 0 bridgehead atoms. The van der Waals surface area contributed by atoms with Crippen molar-refractivity contribution in [3.8, 4) is 0 Å². The van der Waals surface area contributed by atoms with Gasteiger partial charge in [-0.15, -0.1) is 0 Å². The Labute approximate surface area is 114 Å². The van der Waals surface area contributed by atoms with Crippen LogP contribution in [0.25, 0.3) is 0 Å². The Bertz CT molecular complexity index is 611. The third-order valence-corrected chi connectivity index (χ3v) is 2.70. The first-order valence-corrected chi connectivity index (χ1v) is 6.00. The summed E-state index contributed by atoms with van der Waals surface area (Å²) >= 11 is 0. The van der Waals surface area contributed by atoms with Gasteiger partial charge in [0, 0.05) is 18.8 Å². The molecule has 20 heavy (non-hydrogen) atoms. The van der Waals surface area contributed by atoms with Gasteiger partial charge in [0.25, 0.3) is 5.91 Å². The van der Waals surface area contributed by atoms with Crippen LogP contribution in [0.2, 0.25) is 0 Å². The summed E-state index contributed by atoms with van der Waals surface area (Å²) in [5, 5.41) is 2.62.